The standard InChI is InChI=1S/C15H26ClN3/c1-5-9-17-10-14-13(16)7-8-15(18-14)19(6-2)11-12(3)4/h7-8,12,17H,5-6,9-11H2,1-4H3. The van der Waals surface area contributed by atoms with Crippen LogP contribution < -0.4 is 10.2 Å². The van der Waals surface area contributed by atoms with Gasteiger partial charge >= 0.3 is 0 Å². The highest BCUT2D eigenvalue weighted by Gasteiger charge is 2.10. The van der Waals surface area contributed by atoms with E-state index in [1.54, 1.807) is 0 Å². The Labute approximate surface area is 122 Å². The molecule has 0 saturated carbocycles. The Morgan fingerprint density at radius 3 is 2.63 bits per heavy atom. The van der Waals surface area contributed by atoms with Crippen LogP contribution in [-0.4, -0.2) is 24.6 Å². The molecule has 0 atom stereocenters. The average Bonchev–Trinajstić information content (AvgIpc) is 2.38. The van der Waals surface area contributed by atoms with Crippen molar-refractivity contribution < 1.29 is 0 Å². The third-order valence-corrected chi connectivity index (χ3v) is 3.26. The fourth-order valence-corrected chi connectivity index (χ4v) is 2.15. The Bertz CT molecular complexity index is 380. The van der Waals surface area contributed by atoms with Gasteiger partial charge in [-0.25, -0.2) is 4.98 Å². The van der Waals surface area contributed by atoms with E-state index < -0.39 is 0 Å². The Kier molecular flexibility index (Phi) is 7.17. The van der Waals surface area contributed by atoms with Crippen molar-refractivity contribution in [3.05, 3.63) is 22.8 Å². The molecule has 0 aliphatic heterocycles. The maximum atomic E-state index is 6.21. The number of hydrogen-bond donors (Lipinski definition) is 1. The van der Waals surface area contributed by atoms with Crippen LogP contribution in [0.5, 0.6) is 0 Å². The minimum atomic E-state index is 0.624. The molecule has 0 fully saturated rings. The molecule has 0 radical (unpaired) electrons. The Morgan fingerprint density at radius 2 is 2.05 bits per heavy atom. The lowest BCUT2D eigenvalue weighted by molar-refractivity contribution is 0.611. The molecule has 0 unspecified atom stereocenters. The van der Waals surface area contributed by atoms with Crippen LogP contribution in [0.15, 0.2) is 12.1 Å². The van der Waals surface area contributed by atoms with E-state index in [9.17, 15) is 0 Å². The lowest BCUT2D eigenvalue weighted by Gasteiger charge is -2.24. The van der Waals surface area contributed by atoms with Crippen molar-refractivity contribution in [2.75, 3.05) is 24.5 Å². The van der Waals surface area contributed by atoms with Crippen LogP contribution in [0.4, 0.5) is 5.82 Å². The molecule has 0 aromatic carbocycles. The molecule has 0 amide bonds. The highest BCUT2D eigenvalue weighted by atomic mass is 35.5. The van der Waals surface area contributed by atoms with E-state index in [4.69, 9.17) is 16.6 Å². The molecule has 1 heterocycles. The van der Waals surface area contributed by atoms with Gasteiger partial charge in [-0.1, -0.05) is 32.4 Å². The summed E-state index contributed by atoms with van der Waals surface area (Å²) in [5.74, 6) is 1.65. The third kappa shape index (κ3) is 5.37. The van der Waals surface area contributed by atoms with Crippen molar-refractivity contribution in [2.45, 2.75) is 40.7 Å². The molecular formula is C15H26ClN3. The van der Waals surface area contributed by atoms with Gasteiger partial charge in [-0.05, 0) is 37.9 Å². The second kappa shape index (κ2) is 8.39. The van der Waals surface area contributed by atoms with Crippen LogP contribution in [0.1, 0.15) is 39.8 Å². The molecule has 0 aliphatic rings. The highest BCUT2D eigenvalue weighted by molar-refractivity contribution is 6.31. The molecule has 0 bridgehead atoms. The van der Waals surface area contributed by atoms with Gasteiger partial charge in [0.25, 0.3) is 0 Å². The van der Waals surface area contributed by atoms with Crippen LogP contribution in [0.25, 0.3) is 0 Å². The molecule has 1 N–H and O–H groups in total. The molecule has 108 valence electrons. The second-order valence-corrected chi connectivity index (χ2v) is 5.61. The van der Waals surface area contributed by atoms with E-state index in [1.165, 1.54) is 0 Å². The molecule has 1 aromatic rings. The Morgan fingerprint density at radius 1 is 1.32 bits per heavy atom. The summed E-state index contributed by atoms with van der Waals surface area (Å²) in [7, 11) is 0. The Hall–Kier alpha value is -0.800. The maximum absolute atomic E-state index is 6.21. The maximum Gasteiger partial charge on any atom is 0.128 e. The number of hydrogen-bond acceptors (Lipinski definition) is 3. The van der Waals surface area contributed by atoms with E-state index in [-0.39, 0.29) is 0 Å². The van der Waals surface area contributed by atoms with Gasteiger partial charge in [0.1, 0.15) is 5.82 Å². The highest BCUT2D eigenvalue weighted by Crippen LogP contribution is 2.20. The summed E-state index contributed by atoms with van der Waals surface area (Å²) in [6.07, 6.45) is 1.12. The molecule has 19 heavy (non-hydrogen) atoms. The van der Waals surface area contributed by atoms with E-state index in [2.05, 4.69) is 37.9 Å². The number of nitrogens with one attached hydrogen (secondary N) is 1. The number of nitrogens with zero attached hydrogens (tertiary/aromatic N) is 2. The first kappa shape index (κ1) is 16.3. The number of anilines is 1. The summed E-state index contributed by atoms with van der Waals surface area (Å²) >= 11 is 6.21. The van der Waals surface area contributed by atoms with Gasteiger partial charge in [-0.2, -0.15) is 0 Å². The van der Waals surface area contributed by atoms with Gasteiger partial charge in [0.05, 0.1) is 10.7 Å². The molecule has 0 saturated heterocycles. The molecule has 0 aliphatic carbocycles. The summed E-state index contributed by atoms with van der Waals surface area (Å²) in [6.45, 7) is 12.5. The number of aromatic nitrogens is 1. The van der Waals surface area contributed by atoms with Crippen LogP contribution in [-0.2, 0) is 6.54 Å². The normalized spacial score (nSPS) is 11.1. The van der Waals surface area contributed by atoms with Gasteiger partial charge < -0.3 is 10.2 Å². The molecule has 1 rings (SSSR count). The van der Waals surface area contributed by atoms with Crippen molar-refractivity contribution in [1.82, 2.24) is 10.3 Å². The Balaban J connectivity index is 2.80. The first-order chi connectivity index (χ1) is 9.08. The zero-order chi connectivity index (χ0) is 14.3. The summed E-state index contributed by atoms with van der Waals surface area (Å²) < 4.78 is 0. The lowest BCUT2D eigenvalue weighted by atomic mass is 10.2. The predicted octanol–water partition coefficient (Wildman–Crippen LogP) is 3.72. The summed E-state index contributed by atoms with van der Waals surface area (Å²) in [6, 6.07) is 3.97. The fourth-order valence-electron chi connectivity index (χ4n) is 1.98. The first-order valence-corrected chi connectivity index (χ1v) is 7.57. The number of halogens is 1. The molecule has 0 spiro atoms. The van der Waals surface area contributed by atoms with Gasteiger partial charge in [0.15, 0.2) is 0 Å². The van der Waals surface area contributed by atoms with Crippen LogP contribution in [0.2, 0.25) is 5.02 Å². The smallest absolute Gasteiger partial charge is 0.128 e. The zero-order valence-corrected chi connectivity index (χ0v) is 13.3. The first-order valence-electron chi connectivity index (χ1n) is 7.19. The van der Waals surface area contributed by atoms with Crippen molar-refractivity contribution in [2.24, 2.45) is 5.92 Å². The molecular weight excluding hydrogens is 258 g/mol. The minimum absolute atomic E-state index is 0.624. The van der Waals surface area contributed by atoms with E-state index >= 15 is 0 Å². The lowest BCUT2D eigenvalue weighted by Crippen LogP contribution is -2.28. The van der Waals surface area contributed by atoms with Crippen LogP contribution in [0.3, 0.4) is 0 Å². The van der Waals surface area contributed by atoms with Crippen LogP contribution >= 0.6 is 11.6 Å². The van der Waals surface area contributed by atoms with Gasteiger partial charge in [-0.3, -0.25) is 0 Å². The third-order valence-electron chi connectivity index (χ3n) is 2.91. The van der Waals surface area contributed by atoms with Crippen molar-refractivity contribution >= 4 is 17.4 Å². The van der Waals surface area contributed by atoms with Crippen molar-refractivity contribution in [1.29, 1.82) is 0 Å². The predicted molar refractivity (Wildman–Crippen MR) is 84.0 cm³/mol. The number of rotatable bonds is 8. The average molecular weight is 284 g/mol. The van der Waals surface area contributed by atoms with E-state index in [0.717, 1.165) is 49.1 Å². The largest absolute Gasteiger partial charge is 0.357 e. The van der Waals surface area contributed by atoms with E-state index in [1.807, 2.05) is 12.1 Å². The van der Waals surface area contributed by atoms with Gasteiger partial charge in [0, 0.05) is 19.6 Å². The van der Waals surface area contributed by atoms with E-state index in [0.29, 0.717) is 5.92 Å². The van der Waals surface area contributed by atoms with Gasteiger partial charge in [-0.15, -0.1) is 0 Å². The van der Waals surface area contributed by atoms with Crippen molar-refractivity contribution in [3.63, 3.8) is 0 Å². The topological polar surface area (TPSA) is 28.2 Å². The summed E-state index contributed by atoms with van der Waals surface area (Å²) in [4.78, 5) is 7.00. The molecule has 3 nitrogen and oxygen atoms in total. The van der Waals surface area contributed by atoms with Gasteiger partial charge in [0.2, 0.25) is 0 Å². The number of pyridine rings is 1. The summed E-state index contributed by atoms with van der Waals surface area (Å²) in [5, 5.41) is 4.10. The molecule has 1 aromatic heterocycles. The summed E-state index contributed by atoms with van der Waals surface area (Å²) in [5.41, 5.74) is 0.940. The van der Waals surface area contributed by atoms with Crippen molar-refractivity contribution in [3.8, 4) is 0 Å². The second-order valence-electron chi connectivity index (χ2n) is 5.21. The zero-order valence-electron chi connectivity index (χ0n) is 12.5. The fraction of sp³-hybridized carbons (Fsp3) is 0.667. The quantitative estimate of drug-likeness (QED) is 0.737. The van der Waals surface area contributed by atoms with Crippen LogP contribution in [0, 0.1) is 5.92 Å². The molecule has 4 heteroatoms. The monoisotopic (exact) mass is 283 g/mol. The minimum Gasteiger partial charge on any atom is -0.357 e. The SMILES string of the molecule is CCCNCc1nc(N(CC)CC(C)C)ccc1Cl.